The minimum absolute atomic E-state index is 0.284. The summed E-state index contributed by atoms with van der Waals surface area (Å²) in [6, 6.07) is 0. The molecule has 0 aliphatic heterocycles. The molecule has 0 radical (unpaired) electrons. The van der Waals surface area contributed by atoms with Crippen molar-refractivity contribution in [3.8, 4) is 0 Å². The van der Waals surface area contributed by atoms with Crippen LogP contribution in [0.2, 0.25) is 0 Å². The summed E-state index contributed by atoms with van der Waals surface area (Å²) in [5.74, 6) is 0.344. The van der Waals surface area contributed by atoms with Crippen molar-refractivity contribution in [3.05, 3.63) is 15.9 Å². The van der Waals surface area contributed by atoms with E-state index >= 15 is 0 Å². The summed E-state index contributed by atoms with van der Waals surface area (Å²) in [5.41, 5.74) is 2.17. The third-order valence-electron chi connectivity index (χ3n) is 3.58. The predicted molar refractivity (Wildman–Crippen MR) is 78.7 cm³/mol. The fraction of sp³-hybridized carbons (Fsp3) is 0.786. The van der Waals surface area contributed by atoms with Crippen LogP contribution in [0.3, 0.4) is 0 Å². The van der Waals surface area contributed by atoms with Crippen molar-refractivity contribution < 1.29 is 5.11 Å². The van der Waals surface area contributed by atoms with Gasteiger partial charge >= 0.3 is 0 Å². The van der Waals surface area contributed by atoms with Gasteiger partial charge in [-0.25, -0.2) is 0 Å². The maximum atomic E-state index is 10.3. The Morgan fingerprint density at radius 3 is 2.56 bits per heavy atom. The van der Waals surface area contributed by atoms with Gasteiger partial charge in [0, 0.05) is 13.5 Å². The molecule has 0 amide bonds. The van der Waals surface area contributed by atoms with Gasteiger partial charge in [-0.2, -0.15) is 5.10 Å². The molecule has 0 spiro atoms. The zero-order valence-electron chi connectivity index (χ0n) is 11.9. The third-order valence-corrected chi connectivity index (χ3v) is 4.49. The first-order valence-corrected chi connectivity index (χ1v) is 7.68. The SMILES string of the molecule is CCCCC(C)C(O)Cc1c(Br)c(CC)nn1C. The monoisotopic (exact) mass is 316 g/mol. The molecule has 104 valence electrons. The van der Waals surface area contributed by atoms with Gasteiger partial charge in [0.2, 0.25) is 0 Å². The van der Waals surface area contributed by atoms with Gasteiger partial charge < -0.3 is 5.11 Å². The number of aliphatic hydroxyl groups excluding tert-OH is 1. The first kappa shape index (κ1) is 15.7. The minimum atomic E-state index is -0.284. The number of hydrogen-bond acceptors (Lipinski definition) is 2. The van der Waals surface area contributed by atoms with Gasteiger partial charge in [-0.15, -0.1) is 0 Å². The summed E-state index contributed by atoms with van der Waals surface area (Å²) in [6.45, 7) is 6.41. The van der Waals surface area contributed by atoms with Gasteiger partial charge in [0.25, 0.3) is 0 Å². The molecule has 0 fully saturated rings. The van der Waals surface area contributed by atoms with E-state index in [0.29, 0.717) is 12.3 Å². The highest BCUT2D eigenvalue weighted by Gasteiger charge is 2.20. The van der Waals surface area contributed by atoms with E-state index in [2.05, 4.69) is 41.8 Å². The molecule has 0 bridgehead atoms. The second kappa shape index (κ2) is 7.29. The molecule has 0 aliphatic rings. The smallest absolute Gasteiger partial charge is 0.0766 e. The first-order valence-electron chi connectivity index (χ1n) is 6.89. The molecular weight excluding hydrogens is 292 g/mol. The summed E-state index contributed by atoms with van der Waals surface area (Å²) in [5, 5.41) is 14.7. The predicted octanol–water partition coefficient (Wildman–Crippen LogP) is 3.47. The molecule has 0 saturated carbocycles. The van der Waals surface area contributed by atoms with Crippen LogP contribution in [-0.4, -0.2) is 21.0 Å². The Hall–Kier alpha value is -0.350. The average molecular weight is 317 g/mol. The summed E-state index contributed by atoms with van der Waals surface area (Å²) < 4.78 is 2.95. The van der Waals surface area contributed by atoms with Crippen molar-refractivity contribution in [3.63, 3.8) is 0 Å². The first-order chi connectivity index (χ1) is 8.51. The number of aromatic nitrogens is 2. The van der Waals surface area contributed by atoms with Gasteiger partial charge in [-0.05, 0) is 34.7 Å². The van der Waals surface area contributed by atoms with Gasteiger partial charge in [0.05, 0.1) is 22.0 Å². The van der Waals surface area contributed by atoms with E-state index in [0.717, 1.165) is 28.7 Å². The Kier molecular flexibility index (Phi) is 6.36. The highest BCUT2D eigenvalue weighted by Crippen LogP contribution is 2.25. The lowest BCUT2D eigenvalue weighted by Gasteiger charge is -2.18. The molecule has 0 saturated heterocycles. The number of rotatable bonds is 7. The highest BCUT2D eigenvalue weighted by atomic mass is 79.9. The van der Waals surface area contributed by atoms with Crippen molar-refractivity contribution >= 4 is 15.9 Å². The Balaban J connectivity index is 2.69. The largest absolute Gasteiger partial charge is 0.392 e. The highest BCUT2D eigenvalue weighted by molar-refractivity contribution is 9.10. The summed E-state index contributed by atoms with van der Waals surface area (Å²) in [4.78, 5) is 0. The van der Waals surface area contributed by atoms with Crippen LogP contribution in [0, 0.1) is 5.92 Å². The molecule has 0 aromatic carbocycles. The number of nitrogens with zero attached hydrogens (tertiary/aromatic N) is 2. The topological polar surface area (TPSA) is 38.1 Å². The zero-order valence-corrected chi connectivity index (χ0v) is 13.5. The van der Waals surface area contributed by atoms with Gasteiger partial charge in [-0.1, -0.05) is 33.6 Å². The van der Waals surface area contributed by atoms with Crippen molar-refractivity contribution in [2.45, 2.75) is 59.0 Å². The van der Waals surface area contributed by atoms with Gasteiger partial charge in [-0.3, -0.25) is 4.68 Å². The Labute approximate surface area is 119 Å². The van der Waals surface area contributed by atoms with Crippen LogP contribution < -0.4 is 0 Å². The zero-order chi connectivity index (χ0) is 13.7. The molecule has 18 heavy (non-hydrogen) atoms. The van der Waals surface area contributed by atoms with Crippen molar-refractivity contribution in [2.75, 3.05) is 0 Å². The van der Waals surface area contributed by atoms with E-state index in [1.54, 1.807) is 0 Å². The van der Waals surface area contributed by atoms with Crippen LogP contribution in [-0.2, 0) is 19.9 Å². The second-order valence-corrected chi connectivity index (χ2v) is 5.87. The number of aryl methyl sites for hydroxylation is 2. The second-order valence-electron chi connectivity index (χ2n) is 5.08. The third kappa shape index (κ3) is 3.82. The summed E-state index contributed by atoms with van der Waals surface area (Å²) in [6.07, 6.45) is 4.77. The van der Waals surface area contributed by atoms with E-state index < -0.39 is 0 Å². The van der Waals surface area contributed by atoms with Crippen LogP contribution in [0.25, 0.3) is 0 Å². The molecule has 3 nitrogen and oxygen atoms in total. The van der Waals surface area contributed by atoms with Gasteiger partial charge in [0.1, 0.15) is 0 Å². The van der Waals surface area contributed by atoms with Crippen molar-refractivity contribution in [1.82, 2.24) is 9.78 Å². The van der Waals surface area contributed by atoms with Crippen LogP contribution in [0.5, 0.6) is 0 Å². The standard InChI is InChI=1S/C14H25BrN2O/c1-5-7-8-10(3)13(18)9-12-14(15)11(6-2)16-17(12)4/h10,13,18H,5-9H2,1-4H3. The average Bonchev–Trinajstić information content (AvgIpc) is 2.63. The van der Waals surface area contributed by atoms with Crippen LogP contribution in [0.4, 0.5) is 0 Å². The summed E-state index contributed by atoms with van der Waals surface area (Å²) >= 11 is 3.60. The Morgan fingerprint density at radius 1 is 1.39 bits per heavy atom. The summed E-state index contributed by atoms with van der Waals surface area (Å²) in [7, 11) is 1.95. The molecule has 1 rings (SSSR count). The molecule has 1 aromatic heterocycles. The normalized spacial score (nSPS) is 14.8. The lowest BCUT2D eigenvalue weighted by atomic mass is 9.95. The van der Waals surface area contributed by atoms with Crippen LogP contribution in [0.15, 0.2) is 4.47 Å². The molecule has 1 aromatic rings. The number of unbranched alkanes of at least 4 members (excludes halogenated alkanes) is 1. The van der Waals surface area contributed by atoms with E-state index in [-0.39, 0.29) is 6.10 Å². The number of halogens is 1. The molecule has 0 aliphatic carbocycles. The number of hydrogen-bond donors (Lipinski definition) is 1. The number of aliphatic hydroxyl groups is 1. The fourth-order valence-corrected chi connectivity index (χ4v) is 2.94. The quantitative estimate of drug-likeness (QED) is 0.836. The van der Waals surface area contributed by atoms with Crippen molar-refractivity contribution in [1.29, 1.82) is 0 Å². The van der Waals surface area contributed by atoms with Gasteiger partial charge in [0.15, 0.2) is 0 Å². The molecule has 1 N–H and O–H groups in total. The molecule has 2 atom stereocenters. The fourth-order valence-electron chi connectivity index (χ4n) is 2.16. The van der Waals surface area contributed by atoms with E-state index in [9.17, 15) is 5.11 Å². The van der Waals surface area contributed by atoms with Crippen LogP contribution in [0.1, 0.15) is 51.4 Å². The van der Waals surface area contributed by atoms with Crippen molar-refractivity contribution in [2.24, 2.45) is 13.0 Å². The molecule has 4 heteroatoms. The lowest BCUT2D eigenvalue weighted by molar-refractivity contribution is 0.108. The molecular formula is C14H25BrN2O. The Morgan fingerprint density at radius 2 is 2.06 bits per heavy atom. The maximum absolute atomic E-state index is 10.3. The molecule has 2 unspecified atom stereocenters. The van der Waals surface area contributed by atoms with E-state index in [1.165, 1.54) is 12.8 Å². The van der Waals surface area contributed by atoms with E-state index in [4.69, 9.17) is 0 Å². The van der Waals surface area contributed by atoms with E-state index in [1.807, 2.05) is 11.7 Å². The lowest BCUT2D eigenvalue weighted by Crippen LogP contribution is -2.22. The van der Waals surface area contributed by atoms with Crippen LogP contribution >= 0.6 is 15.9 Å². The Bertz CT molecular complexity index is 376. The maximum Gasteiger partial charge on any atom is 0.0766 e. The minimum Gasteiger partial charge on any atom is -0.392 e. The molecule has 1 heterocycles.